The predicted octanol–water partition coefficient (Wildman–Crippen LogP) is 3.75. The van der Waals surface area contributed by atoms with Crippen LogP contribution in [0.2, 0.25) is 0 Å². The van der Waals surface area contributed by atoms with E-state index in [0.29, 0.717) is 5.92 Å². The number of methoxy groups -OCH3 is 1. The molecule has 1 fully saturated rings. The molecule has 0 N–H and O–H groups in total. The standard InChI is InChI=1S/C19H23FN2O2/c1-22-18(7-8-21-22)16-10-14(11-17(20)12-16)9-13-3-5-15(6-4-13)19(23)24-2/h7-8,10-13,15H,3-6,9H2,1-2H3/t13-,15-. The highest BCUT2D eigenvalue weighted by Crippen LogP contribution is 2.32. The molecule has 128 valence electrons. The Balaban J connectivity index is 1.69. The Morgan fingerprint density at radius 3 is 2.67 bits per heavy atom. The van der Waals surface area contributed by atoms with E-state index in [0.717, 1.165) is 48.9 Å². The van der Waals surface area contributed by atoms with E-state index in [1.165, 1.54) is 7.11 Å². The van der Waals surface area contributed by atoms with Crippen molar-refractivity contribution in [3.05, 3.63) is 41.8 Å². The molecule has 0 bridgehead atoms. The summed E-state index contributed by atoms with van der Waals surface area (Å²) in [7, 11) is 3.30. The summed E-state index contributed by atoms with van der Waals surface area (Å²) in [5.74, 6) is 0.209. The molecule has 1 heterocycles. The molecule has 1 aromatic heterocycles. The molecule has 0 radical (unpaired) electrons. The Kier molecular flexibility index (Phi) is 4.97. The molecule has 1 saturated carbocycles. The first-order chi connectivity index (χ1) is 11.6. The van der Waals surface area contributed by atoms with E-state index in [1.807, 2.05) is 19.2 Å². The average molecular weight is 330 g/mol. The fraction of sp³-hybridized carbons (Fsp3) is 0.474. The summed E-state index contributed by atoms with van der Waals surface area (Å²) >= 11 is 0. The molecule has 1 aliphatic rings. The van der Waals surface area contributed by atoms with Crippen LogP contribution in [0, 0.1) is 17.7 Å². The SMILES string of the molecule is COC(=O)[C@H]1CC[C@H](Cc2cc(F)cc(-c3ccnn3C)c2)CC1. The van der Waals surface area contributed by atoms with E-state index in [1.54, 1.807) is 23.0 Å². The van der Waals surface area contributed by atoms with Gasteiger partial charge in [0.1, 0.15) is 5.82 Å². The van der Waals surface area contributed by atoms with Crippen LogP contribution in [-0.2, 0) is 23.0 Å². The van der Waals surface area contributed by atoms with E-state index in [9.17, 15) is 9.18 Å². The second kappa shape index (κ2) is 7.16. The molecule has 0 saturated heterocycles. The number of halogens is 1. The van der Waals surface area contributed by atoms with Crippen molar-refractivity contribution in [2.45, 2.75) is 32.1 Å². The number of esters is 1. The minimum absolute atomic E-state index is 0.0313. The third kappa shape index (κ3) is 3.66. The zero-order valence-corrected chi connectivity index (χ0v) is 14.2. The van der Waals surface area contributed by atoms with Crippen LogP contribution >= 0.6 is 0 Å². The monoisotopic (exact) mass is 330 g/mol. The van der Waals surface area contributed by atoms with Gasteiger partial charge in [-0.1, -0.05) is 0 Å². The van der Waals surface area contributed by atoms with Crippen molar-refractivity contribution >= 4 is 5.97 Å². The number of aryl methyl sites for hydroxylation is 1. The Morgan fingerprint density at radius 1 is 1.29 bits per heavy atom. The molecule has 1 aromatic carbocycles. The van der Waals surface area contributed by atoms with Crippen LogP contribution in [0.25, 0.3) is 11.3 Å². The zero-order chi connectivity index (χ0) is 17.1. The predicted molar refractivity (Wildman–Crippen MR) is 89.8 cm³/mol. The number of carbonyl (C=O) groups excluding carboxylic acids is 1. The van der Waals surface area contributed by atoms with Gasteiger partial charge in [-0.15, -0.1) is 0 Å². The highest BCUT2D eigenvalue weighted by atomic mass is 19.1. The van der Waals surface area contributed by atoms with Crippen molar-refractivity contribution in [3.63, 3.8) is 0 Å². The summed E-state index contributed by atoms with van der Waals surface area (Å²) in [6.45, 7) is 0. The van der Waals surface area contributed by atoms with E-state index >= 15 is 0 Å². The second-order valence-electron chi connectivity index (χ2n) is 6.63. The number of hydrogen-bond donors (Lipinski definition) is 0. The number of hydrogen-bond acceptors (Lipinski definition) is 3. The van der Waals surface area contributed by atoms with Gasteiger partial charge in [-0.2, -0.15) is 5.10 Å². The molecule has 0 spiro atoms. The third-order valence-electron chi connectivity index (χ3n) is 4.98. The van der Waals surface area contributed by atoms with Gasteiger partial charge >= 0.3 is 5.97 Å². The number of rotatable bonds is 4. The maximum absolute atomic E-state index is 14.0. The van der Waals surface area contributed by atoms with Gasteiger partial charge in [-0.25, -0.2) is 4.39 Å². The minimum atomic E-state index is -0.216. The van der Waals surface area contributed by atoms with Crippen LogP contribution < -0.4 is 0 Å². The van der Waals surface area contributed by atoms with Gasteiger partial charge < -0.3 is 4.74 Å². The van der Waals surface area contributed by atoms with Crippen molar-refractivity contribution in [2.24, 2.45) is 18.9 Å². The van der Waals surface area contributed by atoms with Gasteiger partial charge in [0.2, 0.25) is 0 Å². The molecule has 4 nitrogen and oxygen atoms in total. The number of nitrogens with zero attached hydrogens (tertiary/aromatic N) is 2. The summed E-state index contributed by atoms with van der Waals surface area (Å²) < 4.78 is 20.6. The fourth-order valence-corrected chi connectivity index (χ4v) is 3.68. The summed E-state index contributed by atoms with van der Waals surface area (Å²) in [4.78, 5) is 11.6. The van der Waals surface area contributed by atoms with Crippen LogP contribution in [0.1, 0.15) is 31.2 Å². The fourth-order valence-electron chi connectivity index (χ4n) is 3.68. The number of carbonyl (C=O) groups is 1. The van der Waals surface area contributed by atoms with Crippen molar-refractivity contribution in [3.8, 4) is 11.3 Å². The molecule has 5 heteroatoms. The summed E-state index contributed by atoms with van der Waals surface area (Å²) in [5, 5.41) is 4.15. The first kappa shape index (κ1) is 16.7. The van der Waals surface area contributed by atoms with E-state index in [2.05, 4.69) is 5.10 Å². The zero-order valence-electron chi connectivity index (χ0n) is 14.2. The molecule has 0 unspecified atom stereocenters. The lowest BCUT2D eigenvalue weighted by atomic mass is 9.79. The number of aromatic nitrogens is 2. The molecule has 3 rings (SSSR count). The van der Waals surface area contributed by atoms with E-state index in [-0.39, 0.29) is 17.7 Å². The van der Waals surface area contributed by atoms with Gasteiger partial charge in [0.25, 0.3) is 0 Å². The van der Waals surface area contributed by atoms with Crippen molar-refractivity contribution < 1.29 is 13.9 Å². The van der Waals surface area contributed by atoms with Gasteiger partial charge in [-0.3, -0.25) is 9.48 Å². The third-order valence-corrected chi connectivity index (χ3v) is 4.98. The van der Waals surface area contributed by atoms with Crippen LogP contribution in [0.5, 0.6) is 0 Å². The quantitative estimate of drug-likeness (QED) is 0.802. The van der Waals surface area contributed by atoms with Crippen LogP contribution in [-0.4, -0.2) is 22.9 Å². The van der Waals surface area contributed by atoms with Crippen LogP contribution in [0.15, 0.2) is 30.5 Å². The largest absolute Gasteiger partial charge is 0.469 e. The molecule has 0 aliphatic heterocycles. The van der Waals surface area contributed by atoms with Gasteiger partial charge in [0.15, 0.2) is 0 Å². The molecule has 1 aliphatic carbocycles. The maximum atomic E-state index is 14.0. The van der Waals surface area contributed by atoms with Crippen molar-refractivity contribution in [1.29, 1.82) is 0 Å². The highest BCUT2D eigenvalue weighted by molar-refractivity contribution is 5.72. The van der Waals surface area contributed by atoms with Crippen LogP contribution in [0.3, 0.4) is 0 Å². The average Bonchev–Trinajstić information content (AvgIpc) is 3.00. The Hall–Kier alpha value is -2.17. The molecule has 24 heavy (non-hydrogen) atoms. The number of ether oxygens (including phenoxy) is 1. The van der Waals surface area contributed by atoms with Gasteiger partial charge in [0, 0.05) is 18.8 Å². The molecule has 2 aromatic rings. The molecular formula is C19H23FN2O2. The van der Waals surface area contributed by atoms with Gasteiger partial charge in [-0.05, 0) is 67.9 Å². The van der Waals surface area contributed by atoms with Gasteiger partial charge in [0.05, 0.1) is 18.7 Å². The van der Waals surface area contributed by atoms with E-state index in [4.69, 9.17) is 4.74 Å². The van der Waals surface area contributed by atoms with Crippen molar-refractivity contribution in [2.75, 3.05) is 7.11 Å². The molecular weight excluding hydrogens is 307 g/mol. The summed E-state index contributed by atoms with van der Waals surface area (Å²) in [6, 6.07) is 7.10. The molecule has 0 amide bonds. The molecule has 0 atom stereocenters. The second-order valence-corrected chi connectivity index (χ2v) is 6.63. The summed E-state index contributed by atoms with van der Waals surface area (Å²) in [6.07, 6.45) is 6.25. The Bertz CT molecular complexity index is 718. The van der Waals surface area contributed by atoms with Crippen LogP contribution in [0.4, 0.5) is 4.39 Å². The smallest absolute Gasteiger partial charge is 0.308 e. The first-order valence-corrected chi connectivity index (χ1v) is 8.42. The normalized spacial score (nSPS) is 20.8. The highest BCUT2D eigenvalue weighted by Gasteiger charge is 2.27. The lowest BCUT2D eigenvalue weighted by Crippen LogP contribution is -2.23. The van der Waals surface area contributed by atoms with Crippen molar-refractivity contribution in [1.82, 2.24) is 9.78 Å². The number of benzene rings is 1. The first-order valence-electron chi connectivity index (χ1n) is 8.42. The lowest BCUT2D eigenvalue weighted by molar-refractivity contribution is -0.146. The maximum Gasteiger partial charge on any atom is 0.308 e. The minimum Gasteiger partial charge on any atom is -0.469 e. The summed E-state index contributed by atoms with van der Waals surface area (Å²) in [5.41, 5.74) is 2.77. The van der Waals surface area contributed by atoms with E-state index < -0.39 is 0 Å². The Morgan fingerprint density at radius 2 is 2.04 bits per heavy atom. The lowest BCUT2D eigenvalue weighted by Gasteiger charge is -2.27. The Labute approximate surface area is 141 Å². The topological polar surface area (TPSA) is 44.1 Å².